The van der Waals surface area contributed by atoms with Crippen molar-refractivity contribution in [3.05, 3.63) is 62.5 Å². The van der Waals surface area contributed by atoms with E-state index in [1.54, 1.807) is 12.1 Å². The fourth-order valence-corrected chi connectivity index (χ4v) is 5.52. The third-order valence-corrected chi connectivity index (χ3v) is 8.99. The fraction of sp³-hybridized carbons (Fsp3) is 0.619. The van der Waals surface area contributed by atoms with Crippen LogP contribution in [0.25, 0.3) is 21.6 Å². The standard InChI is InChI=1S/C42H64N12O15/c43-42-52-38-37(40(58)53-42)50-33(30-48-38)29-47-32-3-1-31(2-4-32)39(57)51-34(41(59)60)5-6-35(55)45-8-9-46-36(56)7-11-61-13-15-63-17-19-65-21-23-67-25-27-69-28-26-68-24-22-66-20-18-64-16-14-62-12-10-49-54-44/h1-4,30,34,47H,5-29H2,(H,45,55)(H,46,56)(H,51,57)(H,59,60)(H3,43,48,52,53,58). The predicted molar refractivity (Wildman–Crippen MR) is 246 cm³/mol. The van der Waals surface area contributed by atoms with Crippen LogP contribution in [0.1, 0.15) is 35.3 Å². The van der Waals surface area contributed by atoms with Gasteiger partial charge in [-0.15, -0.1) is 0 Å². The van der Waals surface area contributed by atoms with Gasteiger partial charge >= 0.3 is 5.97 Å². The first-order valence-corrected chi connectivity index (χ1v) is 22.3. The van der Waals surface area contributed by atoms with E-state index in [4.69, 9.17) is 53.9 Å². The number of carbonyl (C=O) groups excluding carboxylic acids is 3. The SMILES string of the molecule is [N-]=[N+]=NCCOCCOCCOCCOCCOCCOCCOCCOCCOCCC(=O)NCCNC(=O)CCC(NC(=O)c1ccc(NCc2cnc3nc(N)[nH]c(=O)c3n2)cc1)C(=O)O. The van der Waals surface area contributed by atoms with Crippen LogP contribution in [-0.2, 0) is 63.6 Å². The molecule has 0 saturated carbocycles. The number of nitrogens with one attached hydrogen (secondary N) is 5. The number of carboxylic acid groups (broad SMARTS) is 1. The van der Waals surface area contributed by atoms with Crippen LogP contribution in [0.4, 0.5) is 11.6 Å². The highest BCUT2D eigenvalue weighted by atomic mass is 16.6. The number of aliphatic carboxylic acids is 1. The van der Waals surface area contributed by atoms with Gasteiger partial charge in [0.1, 0.15) is 6.04 Å². The van der Waals surface area contributed by atoms with Crippen molar-refractivity contribution in [1.82, 2.24) is 35.9 Å². The maximum absolute atomic E-state index is 12.8. The number of nitrogens with two attached hydrogens (primary N) is 1. The van der Waals surface area contributed by atoms with Crippen LogP contribution in [0.3, 0.4) is 0 Å². The van der Waals surface area contributed by atoms with E-state index < -0.39 is 29.4 Å². The highest BCUT2D eigenvalue weighted by molar-refractivity contribution is 5.97. The van der Waals surface area contributed by atoms with Crippen LogP contribution in [0.2, 0.25) is 0 Å². The Morgan fingerprint density at radius 2 is 1.17 bits per heavy atom. The molecule has 1 aromatic carbocycles. The number of aromatic amines is 1. The van der Waals surface area contributed by atoms with Gasteiger partial charge in [0.05, 0.1) is 137 Å². The second-order valence-corrected chi connectivity index (χ2v) is 14.2. The molecule has 8 N–H and O–H groups in total. The molecule has 0 bridgehead atoms. The Hall–Kier alpha value is -6.13. The Labute approximate surface area is 397 Å². The van der Waals surface area contributed by atoms with Crippen LogP contribution < -0.4 is 32.6 Å². The number of benzene rings is 1. The zero-order valence-electron chi connectivity index (χ0n) is 38.6. The molecular formula is C42H64N12O15. The predicted octanol–water partition coefficient (Wildman–Crippen LogP) is -0.0472. The van der Waals surface area contributed by atoms with Gasteiger partial charge in [-0.2, -0.15) is 4.98 Å². The normalized spacial score (nSPS) is 11.5. The van der Waals surface area contributed by atoms with Gasteiger partial charge in [-0.1, -0.05) is 5.11 Å². The van der Waals surface area contributed by atoms with Crippen molar-refractivity contribution in [2.24, 2.45) is 5.11 Å². The maximum atomic E-state index is 12.8. The molecule has 2 heterocycles. The Bertz CT molecular complexity index is 2040. The molecule has 0 aliphatic rings. The van der Waals surface area contributed by atoms with E-state index in [1.165, 1.54) is 18.3 Å². The van der Waals surface area contributed by atoms with E-state index in [0.717, 1.165) is 0 Å². The van der Waals surface area contributed by atoms with Crippen LogP contribution in [0.5, 0.6) is 0 Å². The first-order chi connectivity index (χ1) is 33.7. The quantitative estimate of drug-likeness (QED) is 0.0169. The molecule has 2 aromatic heterocycles. The van der Waals surface area contributed by atoms with Crippen molar-refractivity contribution in [3.8, 4) is 0 Å². The van der Waals surface area contributed by atoms with E-state index in [-0.39, 0.29) is 74.1 Å². The van der Waals surface area contributed by atoms with E-state index >= 15 is 0 Å². The van der Waals surface area contributed by atoms with E-state index in [1.807, 2.05) is 0 Å². The lowest BCUT2D eigenvalue weighted by atomic mass is 10.1. The Kier molecular flexibility index (Phi) is 30.5. The maximum Gasteiger partial charge on any atom is 0.326 e. The van der Waals surface area contributed by atoms with Crippen LogP contribution in [-0.4, -0.2) is 193 Å². The van der Waals surface area contributed by atoms with Gasteiger partial charge in [0.2, 0.25) is 17.8 Å². The van der Waals surface area contributed by atoms with Crippen LogP contribution >= 0.6 is 0 Å². The molecular weight excluding hydrogens is 913 g/mol. The molecule has 3 aromatic rings. The first kappa shape index (κ1) is 57.2. The lowest BCUT2D eigenvalue weighted by molar-refractivity contribution is -0.139. The minimum atomic E-state index is -1.32. The molecule has 1 atom stereocenters. The van der Waals surface area contributed by atoms with E-state index in [0.29, 0.717) is 130 Å². The summed E-state index contributed by atoms with van der Waals surface area (Å²) >= 11 is 0. The van der Waals surface area contributed by atoms with E-state index in [9.17, 15) is 29.1 Å². The van der Waals surface area contributed by atoms with Crippen LogP contribution in [0, 0.1) is 0 Å². The monoisotopic (exact) mass is 976 g/mol. The molecule has 0 aliphatic carbocycles. The van der Waals surface area contributed by atoms with Crippen molar-refractivity contribution < 1.29 is 66.9 Å². The van der Waals surface area contributed by atoms with Crippen molar-refractivity contribution in [3.63, 3.8) is 0 Å². The van der Waals surface area contributed by atoms with Crippen LogP contribution in [0.15, 0.2) is 40.4 Å². The van der Waals surface area contributed by atoms with Crippen molar-refractivity contribution >= 4 is 46.5 Å². The molecule has 27 nitrogen and oxygen atoms in total. The summed E-state index contributed by atoms with van der Waals surface area (Å²) in [5.41, 5.74) is 14.6. The van der Waals surface area contributed by atoms with Gasteiger partial charge in [-0.3, -0.25) is 24.2 Å². The average molecular weight is 977 g/mol. The summed E-state index contributed by atoms with van der Waals surface area (Å²) in [6.07, 6.45) is 1.23. The minimum absolute atomic E-state index is 0.0421. The third-order valence-electron chi connectivity index (χ3n) is 8.99. The summed E-state index contributed by atoms with van der Waals surface area (Å²) in [6, 6.07) is 4.91. The molecule has 0 spiro atoms. The number of carbonyl (C=O) groups is 4. The average Bonchev–Trinajstić information content (AvgIpc) is 3.34. The highest BCUT2D eigenvalue weighted by Gasteiger charge is 2.22. The number of hydrogen-bond donors (Lipinski definition) is 7. The summed E-state index contributed by atoms with van der Waals surface area (Å²) in [5.74, 6) is -2.71. The molecule has 3 amide bonds. The van der Waals surface area contributed by atoms with Gasteiger partial charge in [0, 0.05) is 48.6 Å². The summed E-state index contributed by atoms with van der Waals surface area (Å²) in [4.78, 5) is 78.5. The molecule has 0 saturated heterocycles. The summed E-state index contributed by atoms with van der Waals surface area (Å²) in [7, 11) is 0. The highest BCUT2D eigenvalue weighted by Crippen LogP contribution is 2.12. The molecule has 1 unspecified atom stereocenters. The van der Waals surface area contributed by atoms with Crippen molar-refractivity contribution in [2.45, 2.75) is 31.8 Å². The summed E-state index contributed by atoms with van der Waals surface area (Å²) in [6.45, 7) is 8.06. The first-order valence-electron chi connectivity index (χ1n) is 22.3. The lowest BCUT2D eigenvalue weighted by Gasteiger charge is -2.15. The number of ether oxygens (including phenoxy) is 9. The zero-order chi connectivity index (χ0) is 49.6. The number of fused-ring (bicyclic) bond motifs is 1. The number of anilines is 2. The number of H-pyrrole nitrogens is 1. The Balaban J connectivity index is 1.06. The Morgan fingerprint density at radius 1 is 0.696 bits per heavy atom. The number of nitrogens with zero attached hydrogens (tertiary/aromatic N) is 6. The van der Waals surface area contributed by atoms with Crippen molar-refractivity contribution in [2.75, 3.05) is 150 Å². The number of rotatable bonds is 42. The smallest absolute Gasteiger partial charge is 0.326 e. The second kappa shape index (κ2) is 36.9. The number of aromatic nitrogens is 4. The fourth-order valence-electron chi connectivity index (χ4n) is 5.52. The van der Waals surface area contributed by atoms with Gasteiger partial charge in [0.15, 0.2) is 11.2 Å². The Morgan fingerprint density at radius 3 is 1.67 bits per heavy atom. The number of nitrogen functional groups attached to an aromatic ring is 1. The molecule has 3 rings (SSSR count). The topological polar surface area (TPSA) is 366 Å². The molecule has 382 valence electrons. The molecule has 0 aliphatic heterocycles. The van der Waals surface area contributed by atoms with E-state index in [2.05, 4.69) is 51.2 Å². The van der Waals surface area contributed by atoms with Gasteiger partial charge in [0.25, 0.3) is 11.5 Å². The lowest BCUT2D eigenvalue weighted by Crippen LogP contribution is -2.42. The second-order valence-electron chi connectivity index (χ2n) is 14.2. The van der Waals surface area contributed by atoms with Gasteiger partial charge in [-0.25, -0.2) is 14.8 Å². The molecule has 0 fully saturated rings. The number of hydrogen-bond acceptors (Lipinski definition) is 20. The number of carboxylic acids is 1. The number of azide groups is 1. The molecule has 69 heavy (non-hydrogen) atoms. The van der Waals surface area contributed by atoms with Gasteiger partial charge in [-0.05, 0) is 36.2 Å². The molecule has 27 heteroatoms. The largest absolute Gasteiger partial charge is 0.480 e. The van der Waals surface area contributed by atoms with Crippen molar-refractivity contribution in [1.29, 1.82) is 0 Å². The van der Waals surface area contributed by atoms with Gasteiger partial charge < -0.3 is 74.7 Å². The summed E-state index contributed by atoms with van der Waals surface area (Å²) < 4.78 is 48.7. The summed E-state index contributed by atoms with van der Waals surface area (Å²) in [5, 5.41) is 23.8. The minimum Gasteiger partial charge on any atom is -0.480 e. The zero-order valence-corrected chi connectivity index (χ0v) is 38.6. The number of amides is 3. The molecule has 0 radical (unpaired) electrons. The third kappa shape index (κ3) is 27.5.